The molecule has 0 atom stereocenters. The van der Waals surface area contributed by atoms with E-state index in [1.807, 2.05) is 6.92 Å². The van der Waals surface area contributed by atoms with Crippen molar-refractivity contribution in [3.05, 3.63) is 18.1 Å². The maximum absolute atomic E-state index is 11.8. The lowest BCUT2D eigenvalue weighted by molar-refractivity contribution is 0.0908. The lowest BCUT2D eigenvalue weighted by Gasteiger charge is -2.07. The van der Waals surface area contributed by atoms with Gasteiger partial charge in [0.1, 0.15) is 11.5 Å². The van der Waals surface area contributed by atoms with Gasteiger partial charge >= 0.3 is 0 Å². The van der Waals surface area contributed by atoms with Crippen molar-refractivity contribution in [3.8, 4) is 0 Å². The summed E-state index contributed by atoms with van der Waals surface area (Å²) in [5.41, 5.74) is 0.312. The minimum Gasteiger partial charge on any atom is -0.380 e. The van der Waals surface area contributed by atoms with E-state index in [9.17, 15) is 4.79 Å². The van der Waals surface area contributed by atoms with E-state index >= 15 is 0 Å². The molecule has 19 heavy (non-hydrogen) atoms. The van der Waals surface area contributed by atoms with Crippen LogP contribution in [0.25, 0.3) is 0 Å². The zero-order valence-electron chi connectivity index (χ0n) is 11.6. The Morgan fingerprint density at radius 3 is 2.89 bits per heavy atom. The number of amides is 1. The predicted octanol–water partition coefficient (Wildman–Crippen LogP) is 1.45. The molecule has 0 bridgehead atoms. The molecule has 0 aliphatic carbocycles. The zero-order chi connectivity index (χ0) is 13.9. The monoisotopic (exact) mass is 266 g/mol. The molecular formula is C13H22N4O2. The van der Waals surface area contributed by atoms with Crippen molar-refractivity contribution in [1.82, 2.24) is 15.3 Å². The van der Waals surface area contributed by atoms with Crippen molar-refractivity contribution >= 4 is 11.7 Å². The number of rotatable bonds is 9. The fourth-order valence-corrected chi connectivity index (χ4v) is 1.42. The van der Waals surface area contributed by atoms with Gasteiger partial charge in [-0.25, -0.2) is 4.98 Å². The predicted molar refractivity (Wildman–Crippen MR) is 74.3 cm³/mol. The molecule has 0 aliphatic heterocycles. The minimum absolute atomic E-state index is 0.230. The highest BCUT2D eigenvalue weighted by molar-refractivity contribution is 5.92. The highest BCUT2D eigenvalue weighted by atomic mass is 16.5. The second kappa shape index (κ2) is 9.27. The zero-order valence-corrected chi connectivity index (χ0v) is 11.6. The number of hydrogen-bond acceptors (Lipinski definition) is 5. The number of ether oxygens (including phenoxy) is 1. The van der Waals surface area contributed by atoms with Crippen LogP contribution in [0.3, 0.4) is 0 Å². The molecule has 1 aromatic rings. The van der Waals surface area contributed by atoms with Crippen LogP contribution in [0.5, 0.6) is 0 Å². The number of unbranched alkanes of at least 4 members (excludes halogenated alkanes) is 1. The van der Waals surface area contributed by atoms with Gasteiger partial charge in [0.05, 0.1) is 19.0 Å². The van der Waals surface area contributed by atoms with E-state index in [4.69, 9.17) is 4.74 Å². The summed E-state index contributed by atoms with van der Waals surface area (Å²) in [6.45, 7) is 6.55. The van der Waals surface area contributed by atoms with Gasteiger partial charge in [-0.1, -0.05) is 13.3 Å². The lowest BCUT2D eigenvalue weighted by Crippen LogP contribution is -2.28. The summed E-state index contributed by atoms with van der Waals surface area (Å²) in [4.78, 5) is 19.9. The molecule has 0 unspecified atom stereocenters. The number of carbonyl (C=O) groups excluding carboxylic acids is 1. The molecule has 1 heterocycles. The van der Waals surface area contributed by atoms with E-state index in [1.54, 1.807) is 6.20 Å². The third-order valence-corrected chi connectivity index (χ3v) is 2.40. The minimum atomic E-state index is -0.230. The maximum atomic E-state index is 11.8. The van der Waals surface area contributed by atoms with E-state index in [-0.39, 0.29) is 5.91 Å². The SMILES string of the molecule is CCCCOCCNC(=O)c1cncc(NCC)n1. The average Bonchev–Trinajstić information content (AvgIpc) is 2.43. The Morgan fingerprint density at radius 2 is 2.16 bits per heavy atom. The first-order valence-electron chi connectivity index (χ1n) is 6.69. The second-order valence-electron chi connectivity index (χ2n) is 4.04. The van der Waals surface area contributed by atoms with Crippen LogP contribution in [0.2, 0.25) is 0 Å². The first-order chi connectivity index (χ1) is 9.27. The first kappa shape index (κ1) is 15.4. The number of nitrogens with zero attached hydrogens (tertiary/aromatic N) is 2. The van der Waals surface area contributed by atoms with E-state index in [0.717, 1.165) is 26.0 Å². The summed E-state index contributed by atoms with van der Waals surface area (Å²) >= 11 is 0. The molecule has 0 radical (unpaired) electrons. The van der Waals surface area contributed by atoms with Gasteiger partial charge in [-0.05, 0) is 13.3 Å². The Kier molecular flexibility index (Phi) is 7.50. The Hall–Kier alpha value is -1.69. The van der Waals surface area contributed by atoms with Crippen molar-refractivity contribution in [2.75, 3.05) is 31.6 Å². The largest absolute Gasteiger partial charge is 0.380 e. The molecule has 0 saturated carbocycles. The van der Waals surface area contributed by atoms with Crippen LogP contribution in [0.15, 0.2) is 12.4 Å². The summed E-state index contributed by atoms with van der Waals surface area (Å²) in [6.07, 6.45) is 5.20. The summed E-state index contributed by atoms with van der Waals surface area (Å²) in [7, 11) is 0. The van der Waals surface area contributed by atoms with E-state index in [2.05, 4.69) is 27.5 Å². The van der Waals surface area contributed by atoms with Crippen molar-refractivity contribution < 1.29 is 9.53 Å². The summed E-state index contributed by atoms with van der Waals surface area (Å²) in [6, 6.07) is 0. The smallest absolute Gasteiger partial charge is 0.271 e. The van der Waals surface area contributed by atoms with E-state index in [0.29, 0.717) is 24.7 Å². The molecule has 1 aromatic heterocycles. The van der Waals surface area contributed by atoms with Crippen molar-refractivity contribution in [3.63, 3.8) is 0 Å². The second-order valence-corrected chi connectivity index (χ2v) is 4.04. The average molecular weight is 266 g/mol. The lowest BCUT2D eigenvalue weighted by atomic mass is 10.4. The van der Waals surface area contributed by atoms with Gasteiger partial charge in [0.2, 0.25) is 0 Å². The van der Waals surface area contributed by atoms with Crippen LogP contribution in [-0.2, 0) is 4.74 Å². The highest BCUT2D eigenvalue weighted by Crippen LogP contribution is 2.01. The topological polar surface area (TPSA) is 76.1 Å². The molecule has 1 rings (SSSR count). The molecule has 0 spiro atoms. The van der Waals surface area contributed by atoms with E-state index in [1.165, 1.54) is 6.20 Å². The molecule has 0 saturated heterocycles. The van der Waals surface area contributed by atoms with Crippen molar-refractivity contribution in [2.24, 2.45) is 0 Å². The number of nitrogens with one attached hydrogen (secondary N) is 2. The Bertz CT molecular complexity index is 385. The molecule has 6 heteroatoms. The Labute approximate surface area is 114 Å². The summed E-state index contributed by atoms with van der Waals surface area (Å²) in [5, 5.41) is 5.77. The number of hydrogen-bond donors (Lipinski definition) is 2. The Morgan fingerprint density at radius 1 is 1.32 bits per heavy atom. The molecule has 0 aromatic carbocycles. The fraction of sp³-hybridized carbons (Fsp3) is 0.615. The van der Waals surface area contributed by atoms with Crippen LogP contribution >= 0.6 is 0 Å². The van der Waals surface area contributed by atoms with Crippen molar-refractivity contribution in [1.29, 1.82) is 0 Å². The van der Waals surface area contributed by atoms with E-state index < -0.39 is 0 Å². The quantitative estimate of drug-likeness (QED) is 0.662. The molecule has 2 N–H and O–H groups in total. The fourth-order valence-electron chi connectivity index (χ4n) is 1.42. The maximum Gasteiger partial charge on any atom is 0.271 e. The third-order valence-electron chi connectivity index (χ3n) is 2.40. The van der Waals surface area contributed by atoms with Gasteiger partial charge in [0.15, 0.2) is 0 Å². The molecular weight excluding hydrogens is 244 g/mol. The van der Waals surface area contributed by atoms with Gasteiger partial charge in [0.25, 0.3) is 5.91 Å². The number of carbonyl (C=O) groups is 1. The normalized spacial score (nSPS) is 10.2. The molecule has 0 aliphatic rings. The van der Waals surface area contributed by atoms with Gasteiger partial charge in [-0.2, -0.15) is 0 Å². The summed E-state index contributed by atoms with van der Waals surface area (Å²) in [5.74, 6) is 0.376. The third kappa shape index (κ3) is 6.15. The molecule has 1 amide bonds. The van der Waals surface area contributed by atoms with Gasteiger partial charge in [-0.3, -0.25) is 9.78 Å². The van der Waals surface area contributed by atoms with Crippen LogP contribution in [0.4, 0.5) is 5.82 Å². The molecule has 106 valence electrons. The highest BCUT2D eigenvalue weighted by Gasteiger charge is 2.07. The first-order valence-corrected chi connectivity index (χ1v) is 6.69. The molecule has 6 nitrogen and oxygen atoms in total. The molecule has 0 fully saturated rings. The van der Waals surface area contributed by atoms with Gasteiger partial charge < -0.3 is 15.4 Å². The van der Waals surface area contributed by atoms with Crippen LogP contribution in [0.1, 0.15) is 37.2 Å². The summed E-state index contributed by atoms with van der Waals surface area (Å²) < 4.78 is 5.36. The van der Waals surface area contributed by atoms with Crippen LogP contribution in [-0.4, -0.2) is 42.2 Å². The van der Waals surface area contributed by atoms with Crippen LogP contribution in [0, 0.1) is 0 Å². The number of anilines is 1. The number of aromatic nitrogens is 2. The van der Waals surface area contributed by atoms with Gasteiger partial charge in [0, 0.05) is 19.7 Å². The van der Waals surface area contributed by atoms with Crippen molar-refractivity contribution in [2.45, 2.75) is 26.7 Å². The Balaban J connectivity index is 2.30. The van der Waals surface area contributed by atoms with Gasteiger partial charge in [-0.15, -0.1) is 0 Å². The standard InChI is InChI=1S/C13H22N4O2/c1-3-5-7-19-8-6-16-13(18)11-9-14-10-12(17-11)15-4-2/h9-10H,3-8H2,1-2H3,(H,15,17)(H,16,18). The van der Waals surface area contributed by atoms with Crippen LogP contribution < -0.4 is 10.6 Å².